The minimum atomic E-state index is -0.487. The summed E-state index contributed by atoms with van der Waals surface area (Å²) in [4.78, 5) is 25.1. The maximum atomic E-state index is 12.1. The van der Waals surface area contributed by atoms with Crippen LogP contribution in [0, 0.1) is 6.92 Å². The summed E-state index contributed by atoms with van der Waals surface area (Å²) in [5.74, 6) is -0.221. The molecule has 1 atom stereocenters. The number of benzene rings is 1. The molecular weight excluding hydrogens is 232 g/mol. The number of amides is 3. The first-order chi connectivity index (χ1) is 8.63. The van der Waals surface area contributed by atoms with E-state index in [9.17, 15) is 9.59 Å². The predicted molar refractivity (Wildman–Crippen MR) is 67.5 cm³/mol. The van der Waals surface area contributed by atoms with Crippen molar-refractivity contribution in [3.8, 4) is 0 Å². The van der Waals surface area contributed by atoms with E-state index in [1.165, 1.54) is 4.90 Å². The van der Waals surface area contributed by atoms with Gasteiger partial charge in [0, 0.05) is 20.1 Å². The first kappa shape index (κ1) is 12.6. The molecule has 1 unspecified atom stereocenters. The van der Waals surface area contributed by atoms with Crippen LogP contribution in [0.4, 0.5) is 10.5 Å². The number of urea groups is 1. The van der Waals surface area contributed by atoms with Gasteiger partial charge in [-0.05, 0) is 19.1 Å². The summed E-state index contributed by atoms with van der Waals surface area (Å²) in [5, 5.41) is 2.66. The molecule has 0 aromatic heterocycles. The lowest BCUT2D eigenvalue weighted by molar-refractivity contribution is -0.118. The highest BCUT2D eigenvalue weighted by Gasteiger charge is 2.38. The summed E-state index contributed by atoms with van der Waals surface area (Å²) in [7, 11) is 1.57. The number of aryl methyl sites for hydroxylation is 1. The number of carbonyl (C=O) groups excluding carboxylic acids is 2. The van der Waals surface area contributed by atoms with Crippen LogP contribution in [0.5, 0.6) is 0 Å². The maximum Gasteiger partial charge on any atom is 0.329 e. The van der Waals surface area contributed by atoms with Crippen LogP contribution >= 0.6 is 0 Å². The minimum absolute atomic E-state index is 0.221. The normalized spacial score (nSPS) is 19.2. The second-order valence-electron chi connectivity index (χ2n) is 4.29. The van der Waals surface area contributed by atoms with Crippen molar-refractivity contribution in [3.63, 3.8) is 0 Å². The molecule has 0 saturated carbocycles. The van der Waals surface area contributed by atoms with E-state index in [4.69, 9.17) is 4.74 Å². The molecule has 2 rings (SSSR count). The van der Waals surface area contributed by atoms with Gasteiger partial charge in [-0.1, -0.05) is 17.7 Å². The lowest BCUT2D eigenvalue weighted by Gasteiger charge is -2.13. The molecule has 5 heteroatoms. The Morgan fingerprint density at radius 2 is 1.94 bits per heavy atom. The van der Waals surface area contributed by atoms with Crippen LogP contribution in [-0.4, -0.2) is 31.7 Å². The Labute approximate surface area is 106 Å². The largest absolute Gasteiger partial charge is 0.385 e. The summed E-state index contributed by atoms with van der Waals surface area (Å²) in [6, 6.07) is 6.43. The van der Waals surface area contributed by atoms with Gasteiger partial charge in [-0.3, -0.25) is 4.79 Å². The predicted octanol–water partition coefficient (Wildman–Crippen LogP) is 1.46. The summed E-state index contributed by atoms with van der Waals surface area (Å²) in [6.45, 7) is 2.40. The summed E-state index contributed by atoms with van der Waals surface area (Å²) >= 11 is 0. The zero-order valence-electron chi connectivity index (χ0n) is 10.5. The van der Waals surface area contributed by atoms with Crippen molar-refractivity contribution in [2.24, 2.45) is 0 Å². The van der Waals surface area contributed by atoms with E-state index in [0.717, 1.165) is 5.56 Å². The van der Waals surface area contributed by atoms with E-state index in [-0.39, 0.29) is 11.9 Å². The van der Waals surface area contributed by atoms with E-state index >= 15 is 0 Å². The van der Waals surface area contributed by atoms with Crippen molar-refractivity contribution in [2.75, 3.05) is 18.6 Å². The Morgan fingerprint density at radius 3 is 2.56 bits per heavy atom. The zero-order chi connectivity index (χ0) is 13.1. The Bertz CT molecular complexity index is 456. The minimum Gasteiger partial charge on any atom is -0.385 e. The average Bonchev–Trinajstić information content (AvgIpc) is 2.63. The van der Waals surface area contributed by atoms with Gasteiger partial charge in [0.1, 0.15) is 6.04 Å². The number of hydrogen-bond donors (Lipinski definition) is 1. The van der Waals surface area contributed by atoms with Crippen LogP contribution in [0.2, 0.25) is 0 Å². The molecule has 5 nitrogen and oxygen atoms in total. The second-order valence-corrected chi connectivity index (χ2v) is 4.29. The van der Waals surface area contributed by atoms with Crippen LogP contribution in [0.3, 0.4) is 0 Å². The number of imide groups is 1. The van der Waals surface area contributed by atoms with E-state index < -0.39 is 6.04 Å². The van der Waals surface area contributed by atoms with Gasteiger partial charge < -0.3 is 10.1 Å². The van der Waals surface area contributed by atoms with E-state index in [1.807, 2.05) is 19.1 Å². The molecule has 96 valence electrons. The number of rotatable bonds is 4. The standard InChI is InChI=1S/C13H16N2O3/c1-9-3-5-10(6-4-9)15-12(16)11(7-8-18-2)14-13(15)17/h3-6,11H,7-8H2,1-2H3,(H,14,17). The van der Waals surface area contributed by atoms with Crippen molar-refractivity contribution in [1.82, 2.24) is 5.32 Å². The molecule has 1 heterocycles. The van der Waals surface area contributed by atoms with Gasteiger partial charge in [-0.2, -0.15) is 0 Å². The van der Waals surface area contributed by atoms with Crippen molar-refractivity contribution in [2.45, 2.75) is 19.4 Å². The molecule has 0 spiro atoms. The highest BCUT2D eigenvalue weighted by molar-refractivity contribution is 6.21. The number of nitrogens with one attached hydrogen (secondary N) is 1. The van der Waals surface area contributed by atoms with Crippen LogP contribution in [0.1, 0.15) is 12.0 Å². The molecule has 1 aliphatic rings. The molecule has 1 aromatic carbocycles. The molecule has 1 N–H and O–H groups in total. The average molecular weight is 248 g/mol. The smallest absolute Gasteiger partial charge is 0.329 e. The molecule has 0 aliphatic carbocycles. The fourth-order valence-electron chi connectivity index (χ4n) is 1.90. The van der Waals surface area contributed by atoms with E-state index in [2.05, 4.69) is 5.32 Å². The fraction of sp³-hybridized carbons (Fsp3) is 0.385. The maximum absolute atomic E-state index is 12.1. The number of nitrogens with zero attached hydrogens (tertiary/aromatic N) is 1. The first-order valence-corrected chi connectivity index (χ1v) is 5.83. The number of anilines is 1. The van der Waals surface area contributed by atoms with Gasteiger partial charge in [0.2, 0.25) is 0 Å². The number of ether oxygens (including phenoxy) is 1. The van der Waals surface area contributed by atoms with Crippen LogP contribution in [0.15, 0.2) is 24.3 Å². The topological polar surface area (TPSA) is 58.6 Å². The van der Waals surface area contributed by atoms with Gasteiger partial charge in [0.25, 0.3) is 5.91 Å². The van der Waals surface area contributed by atoms with Gasteiger partial charge >= 0.3 is 6.03 Å². The fourth-order valence-corrected chi connectivity index (χ4v) is 1.90. The molecule has 3 amide bonds. The van der Waals surface area contributed by atoms with Crippen molar-refractivity contribution >= 4 is 17.6 Å². The van der Waals surface area contributed by atoms with Gasteiger partial charge in [0.15, 0.2) is 0 Å². The van der Waals surface area contributed by atoms with Crippen LogP contribution in [0.25, 0.3) is 0 Å². The number of hydrogen-bond acceptors (Lipinski definition) is 3. The highest BCUT2D eigenvalue weighted by atomic mass is 16.5. The third-order valence-electron chi connectivity index (χ3n) is 2.92. The lowest BCUT2D eigenvalue weighted by atomic mass is 10.2. The monoisotopic (exact) mass is 248 g/mol. The van der Waals surface area contributed by atoms with E-state index in [0.29, 0.717) is 18.7 Å². The summed E-state index contributed by atoms with van der Waals surface area (Å²) in [5.41, 5.74) is 1.68. The molecule has 0 bridgehead atoms. The van der Waals surface area contributed by atoms with Crippen molar-refractivity contribution < 1.29 is 14.3 Å². The third kappa shape index (κ3) is 2.36. The van der Waals surface area contributed by atoms with Crippen molar-refractivity contribution in [3.05, 3.63) is 29.8 Å². The Kier molecular flexibility index (Phi) is 3.62. The van der Waals surface area contributed by atoms with Crippen LogP contribution in [-0.2, 0) is 9.53 Å². The summed E-state index contributed by atoms with van der Waals surface area (Å²) < 4.78 is 4.92. The number of carbonyl (C=O) groups is 2. The van der Waals surface area contributed by atoms with Crippen LogP contribution < -0.4 is 10.2 Å². The molecule has 18 heavy (non-hydrogen) atoms. The molecule has 1 fully saturated rings. The van der Waals surface area contributed by atoms with Gasteiger partial charge in [-0.25, -0.2) is 9.69 Å². The Balaban J connectivity index is 2.16. The number of methoxy groups -OCH3 is 1. The third-order valence-corrected chi connectivity index (χ3v) is 2.92. The highest BCUT2D eigenvalue weighted by Crippen LogP contribution is 2.20. The molecule has 1 aliphatic heterocycles. The molecule has 0 radical (unpaired) electrons. The van der Waals surface area contributed by atoms with Gasteiger partial charge in [-0.15, -0.1) is 0 Å². The lowest BCUT2D eigenvalue weighted by Crippen LogP contribution is -2.31. The van der Waals surface area contributed by atoms with Gasteiger partial charge in [0.05, 0.1) is 5.69 Å². The zero-order valence-corrected chi connectivity index (χ0v) is 10.5. The molecular formula is C13H16N2O3. The molecule has 1 saturated heterocycles. The van der Waals surface area contributed by atoms with E-state index in [1.54, 1.807) is 19.2 Å². The Morgan fingerprint density at radius 1 is 1.28 bits per heavy atom. The SMILES string of the molecule is COCCC1NC(=O)N(c2ccc(C)cc2)C1=O. The first-order valence-electron chi connectivity index (χ1n) is 5.83. The van der Waals surface area contributed by atoms with Crippen molar-refractivity contribution in [1.29, 1.82) is 0 Å². The second kappa shape index (κ2) is 5.18. The molecule has 1 aromatic rings. The Hall–Kier alpha value is -1.88. The summed E-state index contributed by atoms with van der Waals surface area (Å²) in [6.07, 6.45) is 0.490. The quantitative estimate of drug-likeness (QED) is 0.821.